The molecule has 4 aliphatic heterocycles. The second-order valence-corrected chi connectivity index (χ2v) is 17.7. The monoisotopic (exact) mass is 721 g/mol. The van der Waals surface area contributed by atoms with E-state index in [1.807, 2.05) is 40.7 Å². The number of ketones is 1. The highest BCUT2D eigenvalue weighted by molar-refractivity contribution is 5.83. The first kappa shape index (κ1) is 42.4. The summed E-state index contributed by atoms with van der Waals surface area (Å²) in [6.07, 6.45) is 12.2. The number of rotatable bonds is 16. The lowest BCUT2D eigenvalue weighted by Gasteiger charge is -2.48. The molecule has 4 heterocycles. The SMILES string of the molecule is CCC(C(=O)O)C1CC[C@H](C)C([C@@H](C)C[C@H](C)C(=O)[C@H](CC)C[C@@H](C)C[C@@H](C)[C@]2(O)C=CC[C@]3(CC[C@@](C)([C@H]4CC[C@](O)(CC)[C@H](C)O4)O3)O2)O1. The second-order valence-electron chi connectivity index (χ2n) is 17.7. The molecule has 3 unspecified atom stereocenters. The molecule has 3 fully saturated rings. The normalized spacial score (nSPS) is 40.7. The molecule has 15 atom stereocenters. The zero-order chi connectivity index (χ0) is 37.9. The summed E-state index contributed by atoms with van der Waals surface area (Å²) in [4.78, 5) is 25.7. The fraction of sp³-hybridized carbons (Fsp3) is 0.905. The van der Waals surface area contributed by atoms with E-state index < -0.39 is 34.7 Å². The maximum Gasteiger partial charge on any atom is 0.309 e. The Morgan fingerprint density at radius 1 is 0.882 bits per heavy atom. The third-order valence-corrected chi connectivity index (χ3v) is 13.6. The van der Waals surface area contributed by atoms with E-state index in [4.69, 9.17) is 18.9 Å². The van der Waals surface area contributed by atoms with Gasteiger partial charge in [-0.3, -0.25) is 9.59 Å². The van der Waals surface area contributed by atoms with Gasteiger partial charge >= 0.3 is 5.97 Å². The lowest BCUT2D eigenvalue weighted by molar-refractivity contribution is -0.361. The smallest absolute Gasteiger partial charge is 0.309 e. The lowest BCUT2D eigenvalue weighted by atomic mass is 9.76. The number of carbonyl (C=O) groups is 2. The van der Waals surface area contributed by atoms with Gasteiger partial charge < -0.3 is 34.3 Å². The van der Waals surface area contributed by atoms with E-state index in [1.54, 1.807) is 6.08 Å². The number of aliphatic carboxylic acids is 1. The summed E-state index contributed by atoms with van der Waals surface area (Å²) in [7, 11) is 0. The van der Waals surface area contributed by atoms with Crippen LogP contribution in [0.4, 0.5) is 0 Å². The Morgan fingerprint density at radius 2 is 1.59 bits per heavy atom. The highest BCUT2D eigenvalue weighted by Crippen LogP contribution is 2.51. The number of carboxylic acids is 1. The van der Waals surface area contributed by atoms with Gasteiger partial charge in [0.1, 0.15) is 5.78 Å². The molecular formula is C42H72O9. The van der Waals surface area contributed by atoms with E-state index in [2.05, 4.69) is 34.6 Å². The summed E-state index contributed by atoms with van der Waals surface area (Å²) < 4.78 is 26.1. The quantitative estimate of drug-likeness (QED) is 0.135. The van der Waals surface area contributed by atoms with E-state index in [1.165, 1.54) is 0 Å². The van der Waals surface area contributed by atoms with Crippen LogP contribution in [0, 0.1) is 41.4 Å². The summed E-state index contributed by atoms with van der Waals surface area (Å²) in [5.41, 5.74) is -1.39. The zero-order valence-corrected chi connectivity index (χ0v) is 33.5. The van der Waals surface area contributed by atoms with Crippen molar-refractivity contribution in [1.82, 2.24) is 0 Å². The third-order valence-electron chi connectivity index (χ3n) is 13.6. The molecule has 9 heteroatoms. The Morgan fingerprint density at radius 3 is 2.20 bits per heavy atom. The van der Waals surface area contributed by atoms with Crippen molar-refractivity contribution in [2.45, 2.75) is 200 Å². The minimum atomic E-state index is -1.48. The van der Waals surface area contributed by atoms with Gasteiger partial charge in [-0.2, -0.15) is 0 Å². The molecule has 51 heavy (non-hydrogen) atoms. The molecule has 0 aromatic heterocycles. The molecule has 4 aliphatic rings. The predicted octanol–water partition coefficient (Wildman–Crippen LogP) is 8.23. The highest BCUT2D eigenvalue weighted by atomic mass is 16.8. The molecule has 0 amide bonds. The van der Waals surface area contributed by atoms with Crippen LogP contribution >= 0.6 is 0 Å². The van der Waals surface area contributed by atoms with Crippen molar-refractivity contribution in [1.29, 1.82) is 0 Å². The number of aliphatic hydroxyl groups is 2. The van der Waals surface area contributed by atoms with Crippen LogP contribution in [0.5, 0.6) is 0 Å². The maximum atomic E-state index is 13.9. The van der Waals surface area contributed by atoms with Gasteiger partial charge in [0.25, 0.3) is 0 Å². The van der Waals surface area contributed by atoms with Crippen LogP contribution in [0.25, 0.3) is 0 Å². The van der Waals surface area contributed by atoms with Crippen molar-refractivity contribution in [3.63, 3.8) is 0 Å². The number of carbonyl (C=O) groups excluding carboxylic acids is 1. The van der Waals surface area contributed by atoms with E-state index in [0.29, 0.717) is 50.9 Å². The summed E-state index contributed by atoms with van der Waals surface area (Å²) >= 11 is 0. The fourth-order valence-corrected chi connectivity index (χ4v) is 10.0. The van der Waals surface area contributed by atoms with Gasteiger partial charge in [0.15, 0.2) is 11.6 Å². The first-order valence-corrected chi connectivity index (χ1v) is 20.4. The number of ether oxygens (including phenoxy) is 4. The van der Waals surface area contributed by atoms with Crippen LogP contribution in [0.1, 0.15) is 153 Å². The average molecular weight is 721 g/mol. The van der Waals surface area contributed by atoms with Crippen LogP contribution < -0.4 is 0 Å². The first-order chi connectivity index (χ1) is 23.8. The molecule has 294 valence electrons. The van der Waals surface area contributed by atoms with Crippen molar-refractivity contribution in [2.75, 3.05) is 0 Å². The van der Waals surface area contributed by atoms with Crippen molar-refractivity contribution in [2.24, 2.45) is 41.4 Å². The lowest BCUT2D eigenvalue weighted by Crippen LogP contribution is -2.56. The minimum absolute atomic E-state index is 0.0543. The minimum Gasteiger partial charge on any atom is -0.481 e. The third kappa shape index (κ3) is 9.48. The van der Waals surface area contributed by atoms with Crippen molar-refractivity contribution >= 4 is 11.8 Å². The first-order valence-electron chi connectivity index (χ1n) is 20.4. The molecular weight excluding hydrogens is 648 g/mol. The van der Waals surface area contributed by atoms with E-state index >= 15 is 0 Å². The Kier molecular flexibility index (Phi) is 14.1. The van der Waals surface area contributed by atoms with Gasteiger partial charge in [-0.05, 0) is 108 Å². The van der Waals surface area contributed by atoms with Crippen molar-refractivity contribution < 1.29 is 43.9 Å². The van der Waals surface area contributed by atoms with Gasteiger partial charge in [0.2, 0.25) is 0 Å². The molecule has 0 aliphatic carbocycles. The van der Waals surface area contributed by atoms with Crippen molar-refractivity contribution in [3.05, 3.63) is 12.2 Å². The largest absolute Gasteiger partial charge is 0.481 e. The number of Topliss-reactive ketones (excluding diaryl/α,β-unsaturated/α-hetero) is 1. The fourth-order valence-electron chi connectivity index (χ4n) is 10.0. The topological polar surface area (TPSA) is 132 Å². The van der Waals surface area contributed by atoms with Crippen LogP contribution in [0.2, 0.25) is 0 Å². The summed E-state index contributed by atoms with van der Waals surface area (Å²) in [5, 5.41) is 32.5. The zero-order valence-electron chi connectivity index (χ0n) is 33.5. The Hall–Kier alpha value is -1.36. The summed E-state index contributed by atoms with van der Waals surface area (Å²) in [6.45, 7) is 20.6. The van der Waals surface area contributed by atoms with Crippen molar-refractivity contribution in [3.8, 4) is 0 Å². The molecule has 3 saturated heterocycles. The molecule has 0 aromatic rings. The van der Waals surface area contributed by atoms with Gasteiger partial charge in [0.05, 0.1) is 41.5 Å². The number of hydrogen-bond acceptors (Lipinski definition) is 8. The summed E-state index contributed by atoms with van der Waals surface area (Å²) in [5.74, 6) is -3.18. The molecule has 0 radical (unpaired) electrons. The van der Waals surface area contributed by atoms with E-state index in [9.17, 15) is 24.9 Å². The average Bonchev–Trinajstić information content (AvgIpc) is 3.40. The molecule has 0 saturated carbocycles. The van der Waals surface area contributed by atoms with Crippen LogP contribution in [-0.4, -0.2) is 74.3 Å². The molecule has 0 bridgehead atoms. The second kappa shape index (κ2) is 17.0. The van der Waals surface area contributed by atoms with Crippen LogP contribution in [0.3, 0.4) is 0 Å². The molecule has 0 aromatic carbocycles. The summed E-state index contributed by atoms with van der Waals surface area (Å²) in [6, 6.07) is 0. The van der Waals surface area contributed by atoms with E-state index in [0.717, 1.165) is 38.5 Å². The maximum absolute atomic E-state index is 13.9. The van der Waals surface area contributed by atoms with Gasteiger partial charge in [0, 0.05) is 30.6 Å². The van der Waals surface area contributed by atoms with Gasteiger partial charge in [-0.15, -0.1) is 0 Å². The predicted molar refractivity (Wildman–Crippen MR) is 198 cm³/mol. The molecule has 1 spiro atoms. The van der Waals surface area contributed by atoms with Crippen LogP contribution in [-0.2, 0) is 28.5 Å². The van der Waals surface area contributed by atoms with E-state index in [-0.39, 0.29) is 59.8 Å². The molecule has 4 rings (SSSR count). The van der Waals surface area contributed by atoms with Crippen LogP contribution in [0.15, 0.2) is 12.2 Å². The van der Waals surface area contributed by atoms with Gasteiger partial charge in [-0.1, -0.05) is 61.5 Å². The number of hydrogen-bond donors (Lipinski definition) is 3. The highest BCUT2D eigenvalue weighted by Gasteiger charge is 2.57. The number of carboxylic acid groups (broad SMARTS) is 1. The Labute approximate surface area is 308 Å². The Bertz CT molecular complexity index is 1210. The standard InChI is InChI=1S/C42H72O9/c1-11-32(36(43)28(6)25-29(7)37-27(5)15-16-34(49-37)33(12-2)38(44)45)24-26(4)23-30(8)42(47)19-14-18-41(51-42)22-21-39(10,50-41)35-17-20-40(46,13-3)31(9)48-35/h14,19,26-35,37,46-47H,11-13,15-18,20-25H2,1-10H3,(H,44,45)/t26-,27-,28-,29-,30+,31-,32+,33?,34?,35+,37?,39-,40+,41+,42-/m0/s1. The van der Waals surface area contributed by atoms with Gasteiger partial charge in [-0.25, -0.2) is 0 Å². The Balaban J connectivity index is 1.31. The molecule has 9 nitrogen and oxygen atoms in total. The molecule has 3 N–H and O–H groups in total.